The molecule has 0 amide bonds. The SMILES string of the molecule is CC1(C)OCC(/C=C/c2ccc3c(c2)C(C)(C)C2Oc4ccccc4C2=C3)O1. The summed E-state index contributed by atoms with van der Waals surface area (Å²) in [7, 11) is 0. The highest BCUT2D eigenvalue weighted by molar-refractivity contribution is 5.92. The standard InChI is InChI=1S/C25H26O3/c1-24(2)21-13-16(10-12-18-15-26-25(3,4)28-18)9-11-17(21)14-20-19-7-5-6-8-22(19)27-23(20)24/h5-14,18,23H,15H2,1-4H3/b12-10+. The molecule has 3 aliphatic rings. The Balaban J connectivity index is 1.48. The average molecular weight is 374 g/mol. The van der Waals surface area contributed by atoms with E-state index in [0.717, 1.165) is 5.75 Å². The highest BCUT2D eigenvalue weighted by Gasteiger charge is 2.44. The predicted molar refractivity (Wildman–Crippen MR) is 112 cm³/mol. The molecule has 0 bridgehead atoms. The molecule has 0 aromatic heterocycles. The molecule has 2 aromatic carbocycles. The molecule has 0 saturated carbocycles. The van der Waals surface area contributed by atoms with Crippen LogP contribution in [0.25, 0.3) is 17.7 Å². The minimum absolute atomic E-state index is 0.00166. The Morgan fingerprint density at radius 2 is 1.86 bits per heavy atom. The van der Waals surface area contributed by atoms with Gasteiger partial charge in [-0.1, -0.05) is 62.4 Å². The average Bonchev–Trinajstić information content (AvgIpc) is 3.21. The maximum atomic E-state index is 6.36. The van der Waals surface area contributed by atoms with E-state index in [9.17, 15) is 0 Å². The van der Waals surface area contributed by atoms with Crippen molar-refractivity contribution >= 4 is 17.7 Å². The summed E-state index contributed by atoms with van der Waals surface area (Å²) >= 11 is 0. The summed E-state index contributed by atoms with van der Waals surface area (Å²) in [5, 5.41) is 0. The van der Waals surface area contributed by atoms with Crippen molar-refractivity contribution in [1.82, 2.24) is 0 Å². The van der Waals surface area contributed by atoms with E-state index < -0.39 is 5.79 Å². The summed E-state index contributed by atoms with van der Waals surface area (Å²) in [5.74, 6) is 0.490. The lowest BCUT2D eigenvalue weighted by Crippen LogP contribution is -2.39. The van der Waals surface area contributed by atoms with E-state index >= 15 is 0 Å². The van der Waals surface area contributed by atoms with Gasteiger partial charge in [0.05, 0.1) is 6.61 Å². The first-order chi connectivity index (χ1) is 13.3. The van der Waals surface area contributed by atoms with Gasteiger partial charge < -0.3 is 14.2 Å². The molecule has 5 rings (SSSR count). The molecule has 2 aromatic rings. The normalized spacial score (nSPS) is 26.4. The second-order valence-corrected chi connectivity index (χ2v) is 8.89. The number of fused-ring (bicyclic) bond motifs is 4. The summed E-state index contributed by atoms with van der Waals surface area (Å²) in [6.07, 6.45) is 6.56. The van der Waals surface area contributed by atoms with Crippen LogP contribution in [-0.2, 0) is 14.9 Å². The number of hydrogen-bond acceptors (Lipinski definition) is 3. The zero-order valence-corrected chi connectivity index (χ0v) is 16.9. The first-order valence-electron chi connectivity index (χ1n) is 9.96. The first-order valence-corrected chi connectivity index (χ1v) is 9.96. The second kappa shape index (κ2) is 6.07. The monoisotopic (exact) mass is 374 g/mol. The Labute approximate surface area is 166 Å². The Kier molecular flexibility index (Phi) is 3.84. The maximum Gasteiger partial charge on any atom is 0.163 e. The van der Waals surface area contributed by atoms with Crippen LogP contribution >= 0.6 is 0 Å². The molecule has 144 valence electrons. The zero-order chi connectivity index (χ0) is 19.5. The van der Waals surface area contributed by atoms with Gasteiger partial charge in [-0.05, 0) is 42.7 Å². The molecular weight excluding hydrogens is 348 g/mol. The van der Waals surface area contributed by atoms with E-state index in [4.69, 9.17) is 14.2 Å². The van der Waals surface area contributed by atoms with E-state index in [-0.39, 0.29) is 17.6 Å². The van der Waals surface area contributed by atoms with Gasteiger partial charge >= 0.3 is 0 Å². The van der Waals surface area contributed by atoms with Gasteiger partial charge in [-0.2, -0.15) is 0 Å². The van der Waals surface area contributed by atoms with Gasteiger partial charge in [-0.3, -0.25) is 0 Å². The van der Waals surface area contributed by atoms with E-state index in [0.29, 0.717) is 6.61 Å². The number of benzene rings is 2. The lowest BCUT2D eigenvalue weighted by Gasteiger charge is -2.37. The van der Waals surface area contributed by atoms with Crippen LogP contribution in [0.4, 0.5) is 0 Å². The molecular formula is C25H26O3. The lowest BCUT2D eigenvalue weighted by atomic mass is 9.70. The zero-order valence-electron chi connectivity index (χ0n) is 16.9. The lowest BCUT2D eigenvalue weighted by molar-refractivity contribution is -0.133. The van der Waals surface area contributed by atoms with E-state index in [1.54, 1.807) is 0 Å². The molecule has 1 saturated heterocycles. The highest BCUT2D eigenvalue weighted by Crippen LogP contribution is 2.50. The highest BCUT2D eigenvalue weighted by atomic mass is 16.7. The fourth-order valence-corrected chi connectivity index (χ4v) is 4.53. The Morgan fingerprint density at radius 1 is 1.04 bits per heavy atom. The fourth-order valence-electron chi connectivity index (χ4n) is 4.53. The van der Waals surface area contributed by atoms with Crippen molar-refractivity contribution in [2.75, 3.05) is 6.61 Å². The minimum Gasteiger partial charge on any atom is -0.484 e. The van der Waals surface area contributed by atoms with Crippen molar-refractivity contribution in [1.29, 1.82) is 0 Å². The van der Waals surface area contributed by atoms with Crippen LogP contribution in [0.1, 0.15) is 49.9 Å². The van der Waals surface area contributed by atoms with Crippen molar-refractivity contribution in [2.24, 2.45) is 0 Å². The molecule has 3 heteroatoms. The fraction of sp³-hybridized carbons (Fsp3) is 0.360. The molecule has 1 fully saturated rings. The van der Waals surface area contributed by atoms with Crippen molar-refractivity contribution in [3.8, 4) is 5.75 Å². The topological polar surface area (TPSA) is 27.7 Å². The summed E-state index contributed by atoms with van der Waals surface area (Å²) in [6, 6.07) is 15.0. The maximum absolute atomic E-state index is 6.36. The molecule has 1 aliphatic carbocycles. The van der Waals surface area contributed by atoms with Crippen LogP contribution in [0.5, 0.6) is 5.75 Å². The van der Waals surface area contributed by atoms with Gasteiger partial charge in [0.2, 0.25) is 0 Å². The van der Waals surface area contributed by atoms with Gasteiger partial charge in [0, 0.05) is 16.6 Å². The van der Waals surface area contributed by atoms with Crippen LogP contribution in [0.3, 0.4) is 0 Å². The molecule has 0 spiro atoms. The van der Waals surface area contributed by atoms with Crippen LogP contribution in [-0.4, -0.2) is 24.6 Å². The molecule has 3 nitrogen and oxygen atoms in total. The Bertz CT molecular complexity index is 997. The third-order valence-electron chi connectivity index (χ3n) is 6.00. The molecule has 2 unspecified atom stereocenters. The molecule has 2 heterocycles. The molecule has 2 atom stereocenters. The smallest absolute Gasteiger partial charge is 0.163 e. The van der Waals surface area contributed by atoms with Crippen molar-refractivity contribution in [2.45, 2.75) is 51.1 Å². The third kappa shape index (κ3) is 2.81. The summed E-state index contributed by atoms with van der Waals surface area (Å²) in [4.78, 5) is 0. The van der Waals surface area contributed by atoms with Crippen LogP contribution < -0.4 is 4.74 Å². The second-order valence-electron chi connectivity index (χ2n) is 8.89. The van der Waals surface area contributed by atoms with Gasteiger partial charge in [0.15, 0.2) is 5.79 Å². The van der Waals surface area contributed by atoms with E-state index in [2.05, 4.69) is 68.5 Å². The van der Waals surface area contributed by atoms with Crippen LogP contribution in [0.15, 0.2) is 48.5 Å². The molecule has 28 heavy (non-hydrogen) atoms. The van der Waals surface area contributed by atoms with Crippen LogP contribution in [0, 0.1) is 0 Å². The van der Waals surface area contributed by atoms with Crippen molar-refractivity contribution in [3.63, 3.8) is 0 Å². The van der Waals surface area contributed by atoms with Crippen molar-refractivity contribution in [3.05, 3.63) is 70.8 Å². The largest absolute Gasteiger partial charge is 0.484 e. The van der Waals surface area contributed by atoms with Gasteiger partial charge in [-0.15, -0.1) is 0 Å². The predicted octanol–water partition coefficient (Wildman–Crippen LogP) is 5.44. The first kappa shape index (κ1) is 17.7. The number of rotatable bonds is 2. The Hall–Kier alpha value is -2.36. The number of ether oxygens (including phenoxy) is 3. The Morgan fingerprint density at radius 3 is 2.64 bits per heavy atom. The number of para-hydroxylation sites is 1. The molecule has 0 radical (unpaired) electrons. The van der Waals surface area contributed by atoms with E-state index in [1.165, 1.54) is 27.8 Å². The van der Waals surface area contributed by atoms with Crippen LogP contribution in [0.2, 0.25) is 0 Å². The summed E-state index contributed by atoms with van der Waals surface area (Å²) in [6.45, 7) is 9.05. The van der Waals surface area contributed by atoms with Gasteiger partial charge in [0.25, 0.3) is 0 Å². The van der Waals surface area contributed by atoms with Gasteiger partial charge in [0.1, 0.15) is 18.0 Å². The molecule has 0 N–H and O–H groups in total. The number of hydrogen-bond donors (Lipinski definition) is 0. The van der Waals surface area contributed by atoms with Crippen molar-refractivity contribution < 1.29 is 14.2 Å². The minimum atomic E-state index is -0.497. The quantitative estimate of drug-likeness (QED) is 0.700. The van der Waals surface area contributed by atoms with Gasteiger partial charge in [-0.25, -0.2) is 0 Å². The van der Waals surface area contributed by atoms with E-state index in [1.807, 2.05) is 19.9 Å². The molecule has 2 aliphatic heterocycles. The third-order valence-corrected chi connectivity index (χ3v) is 6.00. The summed E-state index contributed by atoms with van der Waals surface area (Å²) in [5.41, 5.74) is 6.16. The summed E-state index contributed by atoms with van der Waals surface area (Å²) < 4.78 is 17.9.